The van der Waals surface area contributed by atoms with Crippen molar-refractivity contribution in [1.82, 2.24) is 10.2 Å². The third kappa shape index (κ3) is 5.13. The molecule has 0 fully saturated rings. The Labute approximate surface area is 112 Å². The van der Waals surface area contributed by atoms with Gasteiger partial charge in [0.1, 0.15) is 11.3 Å². The quantitative estimate of drug-likeness (QED) is 0.776. The molecule has 0 atom stereocenters. The predicted octanol–water partition coefficient (Wildman–Crippen LogP) is 1.18. The Morgan fingerprint density at radius 3 is 2.74 bits per heavy atom. The first-order chi connectivity index (χ1) is 8.90. The van der Waals surface area contributed by atoms with Crippen molar-refractivity contribution < 1.29 is 19.1 Å². The van der Waals surface area contributed by atoms with Gasteiger partial charge in [-0.25, -0.2) is 4.79 Å². The lowest BCUT2D eigenvalue weighted by atomic mass is 10.2. The summed E-state index contributed by atoms with van der Waals surface area (Å²) in [5.41, 5.74) is 0.134. The van der Waals surface area contributed by atoms with Gasteiger partial charge in [0.2, 0.25) is 5.91 Å². The molecule has 6 heteroatoms. The summed E-state index contributed by atoms with van der Waals surface area (Å²) in [5, 5.41) is 11.7. The van der Waals surface area contributed by atoms with Crippen LogP contribution in [0.3, 0.4) is 0 Å². The van der Waals surface area contributed by atoms with Crippen LogP contribution in [0.4, 0.5) is 0 Å². The fourth-order valence-electron chi connectivity index (χ4n) is 1.57. The molecule has 6 nitrogen and oxygen atoms in total. The Balaban J connectivity index is 2.46. The van der Waals surface area contributed by atoms with E-state index in [-0.39, 0.29) is 24.6 Å². The molecule has 0 saturated carbocycles. The van der Waals surface area contributed by atoms with Gasteiger partial charge in [0.05, 0.1) is 19.4 Å². The molecule has 0 saturated heterocycles. The van der Waals surface area contributed by atoms with Gasteiger partial charge in [-0.1, -0.05) is 13.8 Å². The number of aromatic carboxylic acids is 1. The van der Waals surface area contributed by atoms with E-state index in [2.05, 4.69) is 5.32 Å². The number of nitrogens with zero attached hydrogens (tertiary/aromatic N) is 1. The fraction of sp³-hybridized carbons (Fsp3) is 0.538. The highest BCUT2D eigenvalue weighted by molar-refractivity contribution is 5.88. The van der Waals surface area contributed by atoms with Crippen molar-refractivity contribution in [3.05, 3.63) is 23.7 Å². The number of carboxylic acids is 1. The first kappa shape index (κ1) is 15.2. The molecule has 0 spiro atoms. The van der Waals surface area contributed by atoms with Gasteiger partial charge in [-0.3, -0.25) is 9.69 Å². The molecule has 0 bridgehead atoms. The molecular weight excluding hydrogens is 248 g/mol. The molecule has 19 heavy (non-hydrogen) atoms. The van der Waals surface area contributed by atoms with E-state index < -0.39 is 5.97 Å². The monoisotopic (exact) mass is 268 g/mol. The van der Waals surface area contributed by atoms with Gasteiger partial charge in [0.25, 0.3) is 0 Å². The lowest BCUT2D eigenvalue weighted by Crippen LogP contribution is -2.36. The average Bonchev–Trinajstić information content (AvgIpc) is 2.74. The fourth-order valence-corrected chi connectivity index (χ4v) is 1.57. The molecule has 1 amide bonds. The highest BCUT2D eigenvalue weighted by Gasteiger charge is 2.16. The Kier molecular flexibility index (Phi) is 5.57. The maximum atomic E-state index is 11.6. The zero-order valence-corrected chi connectivity index (χ0v) is 11.5. The molecule has 2 N–H and O–H groups in total. The molecule has 1 aromatic rings. The second-order valence-corrected chi connectivity index (χ2v) is 4.93. The maximum absolute atomic E-state index is 11.6. The van der Waals surface area contributed by atoms with Gasteiger partial charge in [0.15, 0.2) is 0 Å². The van der Waals surface area contributed by atoms with E-state index in [0.717, 1.165) is 0 Å². The minimum atomic E-state index is -1.03. The normalized spacial score (nSPS) is 11.0. The summed E-state index contributed by atoms with van der Waals surface area (Å²) in [6.07, 6.45) is 1.34. The van der Waals surface area contributed by atoms with Crippen LogP contribution in [0.2, 0.25) is 0 Å². The van der Waals surface area contributed by atoms with E-state index >= 15 is 0 Å². The van der Waals surface area contributed by atoms with E-state index in [9.17, 15) is 9.59 Å². The smallest absolute Gasteiger partial charge is 0.339 e. The Bertz CT molecular complexity index is 440. The van der Waals surface area contributed by atoms with Gasteiger partial charge < -0.3 is 14.8 Å². The molecular formula is C13H20N2O4. The molecule has 0 aliphatic heterocycles. The molecule has 1 rings (SSSR count). The van der Waals surface area contributed by atoms with Gasteiger partial charge in [0, 0.05) is 6.54 Å². The first-order valence-corrected chi connectivity index (χ1v) is 6.15. The number of nitrogens with one attached hydrogen (secondary N) is 1. The summed E-state index contributed by atoms with van der Waals surface area (Å²) >= 11 is 0. The van der Waals surface area contributed by atoms with E-state index in [1.165, 1.54) is 12.3 Å². The van der Waals surface area contributed by atoms with E-state index in [0.29, 0.717) is 18.2 Å². The van der Waals surface area contributed by atoms with E-state index in [4.69, 9.17) is 9.52 Å². The third-order valence-electron chi connectivity index (χ3n) is 2.51. The van der Waals surface area contributed by atoms with Crippen molar-refractivity contribution in [3.63, 3.8) is 0 Å². The Morgan fingerprint density at radius 1 is 1.47 bits per heavy atom. The van der Waals surface area contributed by atoms with Crippen molar-refractivity contribution >= 4 is 11.9 Å². The second-order valence-electron chi connectivity index (χ2n) is 4.93. The van der Waals surface area contributed by atoms with Crippen LogP contribution in [0.5, 0.6) is 0 Å². The summed E-state index contributed by atoms with van der Waals surface area (Å²) in [6, 6.07) is 1.41. The molecule has 1 heterocycles. The lowest BCUT2D eigenvalue weighted by Gasteiger charge is -2.16. The zero-order chi connectivity index (χ0) is 14.4. The zero-order valence-electron chi connectivity index (χ0n) is 11.5. The number of hydrogen-bond acceptors (Lipinski definition) is 4. The van der Waals surface area contributed by atoms with Gasteiger partial charge >= 0.3 is 5.97 Å². The van der Waals surface area contributed by atoms with E-state index in [1.54, 1.807) is 11.9 Å². The Hall–Kier alpha value is -1.82. The number of amides is 1. The average molecular weight is 268 g/mol. The van der Waals surface area contributed by atoms with Crippen LogP contribution in [0, 0.1) is 5.92 Å². The summed E-state index contributed by atoms with van der Waals surface area (Å²) in [7, 11) is 1.74. The van der Waals surface area contributed by atoms with Crippen LogP contribution in [0.15, 0.2) is 16.7 Å². The van der Waals surface area contributed by atoms with E-state index in [1.807, 2.05) is 13.8 Å². The molecule has 0 aliphatic carbocycles. The standard InChI is InChI=1S/C13H20N2O4/c1-9(2)6-14-12(16)8-15(3)7-11-10(13(17)18)4-5-19-11/h4-5,9H,6-8H2,1-3H3,(H,14,16)(H,17,18). The molecule has 0 radical (unpaired) electrons. The van der Waals surface area contributed by atoms with Crippen molar-refractivity contribution in [1.29, 1.82) is 0 Å². The predicted molar refractivity (Wildman–Crippen MR) is 69.8 cm³/mol. The second kappa shape index (κ2) is 6.94. The van der Waals surface area contributed by atoms with Crippen LogP contribution >= 0.6 is 0 Å². The maximum Gasteiger partial charge on any atom is 0.339 e. The highest BCUT2D eigenvalue weighted by atomic mass is 16.4. The number of furan rings is 1. The summed E-state index contributed by atoms with van der Waals surface area (Å²) in [4.78, 5) is 24.2. The van der Waals surface area contributed by atoms with Crippen LogP contribution in [-0.4, -0.2) is 42.0 Å². The summed E-state index contributed by atoms with van der Waals surface area (Å²) < 4.78 is 5.12. The summed E-state index contributed by atoms with van der Waals surface area (Å²) in [5.74, 6) is -0.356. The minimum absolute atomic E-state index is 0.0837. The van der Waals surface area contributed by atoms with Crippen molar-refractivity contribution in [2.75, 3.05) is 20.1 Å². The molecule has 0 aromatic carbocycles. The number of hydrogen-bond donors (Lipinski definition) is 2. The number of carboxylic acid groups (broad SMARTS) is 1. The van der Waals surface area contributed by atoms with Crippen LogP contribution < -0.4 is 5.32 Å². The minimum Gasteiger partial charge on any atom is -0.478 e. The Morgan fingerprint density at radius 2 is 2.16 bits per heavy atom. The highest BCUT2D eigenvalue weighted by Crippen LogP contribution is 2.12. The molecule has 106 valence electrons. The van der Waals surface area contributed by atoms with Crippen LogP contribution in [0.25, 0.3) is 0 Å². The first-order valence-electron chi connectivity index (χ1n) is 6.15. The van der Waals surface area contributed by atoms with Crippen molar-refractivity contribution in [3.8, 4) is 0 Å². The largest absolute Gasteiger partial charge is 0.478 e. The third-order valence-corrected chi connectivity index (χ3v) is 2.51. The van der Waals surface area contributed by atoms with Crippen LogP contribution in [0.1, 0.15) is 30.0 Å². The number of carbonyl (C=O) groups is 2. The lowest BCUT2D eigenvalue weighted by molar-refractivity contribution is -0.122. The number of carbonyl (C=O) groups excluding carboxylic acids is 1. The summed E-state index contributed by atoms with van der Waals surface area (Å²) in [6.45, 7) is 5.15. The van der Waals surface area contributed by atoms with Crippen LogP contribution in [-0.2, 0) is 11.3 Å². The van der Waals surface area contributed by atoms with Crippen molar-refractivity contribution in [2.45, 2.75) is 20.4 Å². The molecule has 0 unspecified atom stereocenters. The van der Waals surface area contributed by atoms with Gasteiger partial charge in [-0.05, 0) is 19.0 Å². The van der Waals surface area contributed by atoms with Gasteiger partial charge in [-0.15, -0.1) is 0 Å². The number of rotatable bonds is 7. The van der Waals surface area contributed by atoms with Crippen molar-refractivity contribution in [2.24, 2.45) is 5.92 Å². The molecule has 1 aromatic heterocycles. The topological polar surface area (TPSA) is 82.8 Å². The van der Waals surface area contributed by atoms with Gasteiger partial charge in [-0.2, -0.15) is 0 Å². The SMILES string of the molecule is CC(C)CNC(=O)CN(C)Cc1occc1C(=O)O. The number of likely N-dealkylation sites (N-methyl/N-ethyl adjacent to an activating group) is 1. The molecule has 0 aliphatic rings.